The number of hydrogen-bond acceptors (Lipinski definition) is 6. The summed E-state index contributed by atoms with van der Waals surface area (Å²) in [7, 11) is 0. The van der Waals surface area contributed by atoms with Crippen LogP contribution in [0.5, 0.6) is 0 Å². The van der Waals surface area contributed by atoms with Crippen molar-refractivity contribution in [2.24, 2.45) is 5.73 Å². The van der Waals surface area contributed by atoms with Gasteiger partial charge in [-0.05, 0) is 39.8 Å². The average Bonchev–Trinajstić information content (AvgIpc) is 2.43. The van der Waals surface area contributed by atoms with Crippen LogP contribution in [0.15, 0.2) is 18.2 Å². The van der Waals surface area contributed by atoms with Gasteiger partial charge in [0.1, 0.15) is 11.3 Å². The first kappa shape index (κ1) is 17.9. The number of esters is 1. The van der Waals surface area contributed by atoms with E-state index in [0.717, 1.165) is 0 Å². The van der Waals surface area contributed by atoms with E-state index in [9.17, 15) is 9.59 Å². The van der Waals surface area contributed by atoms with Gasteiger partial charge >= 0.3 is 12.1 Å². The number of nitrogens with zero attached hydrogens (tertiary/aromatic N) is 1. The lowest BCUT2D eigenvalue weighted by Gasteiger charge is -2.20. The van der Waals surface area contributed by atoms with Crippen LogP contribution in [-0.2, 0) is 9.47 Å². The topological polar surface area (TPSA) is 104 Å². The molecule has 0 bridgehead atoms. The number of hydrogen-bond donors (Lipinski definition) is 2. The number of rotatable bonds is 5. The molecule has 7 nitrogen and oxygen atoms in total. The van der Waals surface area contributed by atoms with Crippen LogP contribution in [-0.4, -0.2) is 35.8 Å². The van der Waals surface area contributed by atoms with Crippen LogP contribution < -0.4 is 11.1 Å². The third-order valence-corrected chi connectivity index (χ3v) is 2.50. The van der Waals surface area contributed by atoms with E-state index in [1.807, 2.05) is 0 Å². The van der Waals surface area contributed by atoms with Gasteiger partial charge in [-0.15, -0.1) is 0 Å². The van der Waals surface area contributed by atoms with Crippen molar-refractivity contribution in [1.29, 1.82) is 0 Å². The maximum absolute atomic E-state index is 11.6. The number of ether oxygens (including phenoxy) is 2. The Morgan fingerprint density at radius 1 is 1.36 bits per heavy atom. The minimum absolute atomic E-state index is 0.147. The number of aromatic nitrogens is 1. The fraction of sp³-hybridized carbons (Fsp3) is 0.533. The van der Waals surface area contributed by atoms with Gasteiger partial charge in [0.2, 0.25) is 0 Å². The first-order valence-electron chi connectivity index (χ1n) is 7.09. The molecule has 1 heterocycles. The highest BCUT2D eigenvalue weighted by atomic mass is 16.6. The van der Waals surface area contributed by atoms with Gasteiger partial charge in [-0.2, -0.15) is 0 Å². The van der Waals surface area contributed by atoms with E-state index in [1.54, 1.807) is 45.9 Å². The molecule has 3 N–H and O–H groups in total. The highest BCUT2D eigenvalue weighted by Gasteiger charge is 2.18. The van der Waals surface area contributed by atoms with Gasteiger partial charge in [0.25, 0.3) is 0 Å². The molecule has 1 aromatic heterocycles. The molecule has 7 heteroatoms. The van der Waals surface area contributed by atoms with Gasteiger partial charge in [0, 0.05) is 6.54 Å². The number of carbonyl (C=O) groups excluding carboxylic acids is 2. The summed E-state index contributed by atoms with van der Waals surface area (Å²) in [6.07, 6.45) is -0.551. The predicted octanol–water partition coefficient (Wildman–Crippen LogP) is 1.78. The van der Waals surface area contributed by atoms with Crippen molar-refractivity contribution in [3.8, 4) is 0 Å². The molecule has 0 fully saturated rings. The number of pyridine rings is 1. The van der Waals surface area contributed by atoms with E-state index in [0.29, 0.717) is 5.69 Å². The van der Waals surface area contributed by atoms with Crippen LogP contribution in [0, 0.1) is 0 Å². The summed E-state index contributed by atoms with van der Waals surface area (Å²) in [5.41, 5.74) is 6.07. The van der Waals surface area contributed by atoms with Crippen LogP contribution in [0.1, 0.15) is 49.9 Å². The number of alkyl carbamates (subject to hydrolysis) is 1. The van der Waals surface area contributed by atoms with Crippen LogP contribution in [0.25, 0.3) is 0 Å². The standard InChI is InChI=1S/C15H23N3O4/c1-5-21-13(19)12-8-6-7-11(18-12)10(16)9-17-14(20)22-15(2,3)4/h6-8,10H,5,9,16H2,1-4H3,(H,17,20). The largest absolute Gasteiger partial charge is 0.461 e. The zero-order valence-corrected chi connectivity index (χ0v) is 13.4. The zero-order valence-electron chi connectivity index (χ0n) is 13.4. The Morgan fingerprint density at radius 3 is 2.64 bits per heavy atom. The Labute approximate surface area is 130 Å². The number of amides is 1. The summed E-state index contributed by atoms with van der Waals surface area (Å²) in [6, 6.07) is 4.35. The highest BCUT2D eigenvalue weighted by molar-refractivity contribution is 5.87. The van der Waals surface area contributed by atoms with E-state index in [2.05, 4.69) is 10.3 Å². The molecule has 1 rings (SSSR count). The van der Waals surface area contributed by atoms with E-state index < -0.39 is 23.7 Å². The van der Waals surface area contributed by atoms with Crippen molar-refractivity contribution in [3.05, 3.63) is 29.6 Å². The molecule has 0 spiro atoms. The monoisotopic (exact) mass is 309 g/mol. The van der Waals surface area contributed by atoms with Crippen LogP contribution >= 0.6 is 0 Å². The van der Waals surface area contributed by atoms with Gasteiger partial charge in [0.05, 0.1) is 18.3 Å². The maximum Gasteiger partial charge on any atom is 0.407 e. The smallest absolute Gasteiger partial charge is 0.407 e. The normalized spacial score (nSPS) is 12.4. The second-order valence-corrected chi connectivity index (χ2v) is 5.66. The van der Waals surface area contributed by atoms with Crippen LogP contribution in [0.3, 0.4) is 0 Å². The van der Waals surface area contributed by atoms with Crippen LogP contribution in [0.2, 0.25) is 0 Å². The molecule has 1 aromatic rings. The first-order chi connectivity index (χ1) is 10.2. The molecule has 22 heavy (non-hydrogen) atoms. The number of carbonyl (C=O) groups is 2. The minimum Gasteiger partial charge on any atom is -0.461 e. The number of nitrogens with two attached hydrogens (primary N) is 1. The van der Waals surface area contributed by atoms with Crippen molar-refractivity contribution in [2.45, 2.75) is 39.3 Å². The van der Waals surface area contributed by atoms with Gasteiger partial charge in [-0.25, -0.2) is 14.6 Å². The summed E-state index contributed by atoms with van der Waals surface area (Å²) in [6.45, 7) is 7.47. The van der Waals surface area contributed by atoms with Crippen LogP contribution in [0.4, 0.5) is 4.79 Å². The fourth-order valence-corrected chi connectivity index (χ4v) is 1.59. The Hall–Kier alpha value is -2.15. The number of nitrogens with one attached hydrogen (secondary N) is 1. The van der Waals surface area contributed by atoms with Crippen molar-refractivity contribution >= 4 is 12.1 Å². The Balaban J connectivity index is 2.62. The molecule has 0 aromatic carbocycles. The third-order valence-electron chi connectivity index (χ3n) is 2.50. The Bertz CT molecular complexity index is 526. The van der Waals surface area contributed by atoms with Crippen molar-refractivity contribution in [1.82, 2.24) is 10.3 Å². The lowest BCUT2D eigenvalue weighted by molar-refractivity contribution is 0.0508. The first-order valence-corrected chi connectivity index (χ1v) is 7.09. The second-order valence-electron chi connectivity index (χ2n) is 5.66. The quantitative estimate of drug-likeness (QED) is 0.804. The van der Waals surface area contributed by atoms with E-state index >= 15 is 0 Å². The molecular weight excluding hydrogens is 286 g/mol. The van der Waals surface area contributed by atoms with E-state index in [4.69, 9.17) is 15.2 Å². The predicted molar refractivity (Wildman–Crippen MR) is 81.4 cm³/mol. The molecule has 0 aliphatic heterocycles. The molecule has 0 aliphatic rings. The molecule has 1 unspecified atom stereocenters. The molecular formula is C15H23N3O4. The molecule has 122 valence electrons. The molecule has 0 radical (unpaired) electrons. The molecule has 0 saturated carbocycles. The van der Waals surface area contributed by atoms with Gasteiger partial charge < -0.3 is 20.5 Å². The molecule has 1 atom stereocenters. The summed E-state index contributed by atoms with van der Waals surface area (Å²) in [4.78, 5) is 27.4. The van der Waals surface area contributed by atoms with Crippen molar-refractivity contribution in [3.63, 3.8) is 0 Å². The maximum atomic E-state index is 11.6. The minimum atomic E-state index is -0.573. The SMILES string of the molecule is CCOC(=O)c1cccc(C(N)CNC(=O)OC(C)(C)C)n1. The molecule has 0 saturated heterocycles. The zero-order chi connectivity index (χ0) is 16.8. The van der Waals surface area contributed by atoms with E-state index in [1.165, 1.54) is 0 Å². The van der Waals surface area contributed by atoms with Gasteiger partial charge in [-0.1, -0.05) is 6.07 Å². The Morgan fingerprint density at radius 2 is 2.05 bits per heavy atom. The summed E-state index contributed by atoms with van der Waals surface area (Å²) in [5, 5.41) is 2.57. The highest BCUT2D eigenvalue weighted by Crippen LogP contribution is 2.10. The lowest BCUT2D eigenvalue weighted by atomic mass is 10.2. The summed E-state index contributed by atoms with van der Waals surface area (Å²) >= 11 is 0. The van der Waals surface area contributed by atoms with E-state index in [-0.39, 0.29) is 18.8 Å². The Kier molecular flexibility index (Phi) is 6.30. The second kappa shape index (κ2) is 7.74. The van der Waals surface area contributed by atoms with Crippen molar-refractivity contribution < 1.29 is 19.1 Å². The van der Waals surface area contributed by atoms with Gasteiger partial charge in [-0.3, -0.25) is 0 Å². The summed E-state index contributed by atoms with van der Waals surface area (Å²) < 4.78 is 10.0. The fourth-order valence-electron chi connectivity index (χ4n) is 1.59. The molecule has 0 aliphatic carbocycles. The average molecular weight is 309 g/mol. The third kappa shape index (κ3) is 6.09. The lowest BCUT2D eigenvalue weighted by Crippen LogP contribution is -2.36. The molecule has 1 amide bonds. The van der Waals surface area contributed by atoms with Gasteiger partial charge in [0.15, 0.2) is 0 Å². The summed E-state index contributed by atoms with van der Waals surface area (Å²) in [5.74, 6) is -0.503. The van der Waals surface area contributed by atoms with Crippen molar-refractivity contribution in [2.75, 3.05) is 13.2 Å².